The van der Waals surface area contributed by atoms with E-state index in [1.165, 1.54) is 43.7 Å². The maximum atomic E-state index is 6.34. The molecule has 0 aromatic carbocycles. The molecule has 1 aliphatic carbocycles. The van der Waals surface area contributed by atoms with Crippen LogP contribution < -0.4 is 4.90 Å². The van der Waals surface area contributed by atoms with Gasteiger partial charge in [0.1, 0.15) is 0 Å². The molecule has 0 bridgehead atoms. The van der Waals surface area contributed by atoms with Crippen LogP contribution in [0.3, 0.4) is 0 Å². The van der Waals surface area contributed by atoms with E-state index in [0.717, 1.165) is 63.3 Å². The van der Waals surface area contributed by atoms with Crippen LogP contribution in [0.15, 0.2) is 12.3 Å². The second kappa shape index (κ2) is 7.75. The number of aromatic nitrogens is 1. The fourth-order valence-corrected chi connectivity index (χ4v) is 6.33. The molecule has 28 heavy (non-hydrogen) atoms. The standard InChI is InChI=1S/C22H33ClN4O/c1-25-15-22(16-25)5-2-19(13-22)26-6-8-27(9-7-26)20-12-18(23)14-24-21(20)17-3-10-28-11-4-17/h12,14,17,19H,2-11,13,15-16H2,1H3. The van der Waals surface area contributed by atoms with Gasteiger partial charge in [-0.2, -0.15) is 0 Å². The number of anilines is 1. The number of likely N-dealkylation sites (tertiary alicyclic amines) is 1. The first-order valence-electron chi connectivity index (χ1n) is 11.0. The van der Waals surface area contributed by atoms with Crippen molar-refractivity contribution in [1.29, 1.82) is 0 Å². The Morgan fingerprint density at radius 3 is 2.57 bits per heavy atom. The molecule has 1 aromatic heterocycles. The number of ether oxygens (including phenoxy) is 1. The molecule has 5 nitrogen and oxygen atoms in total. The Kier molecular flexibility index (Phi) is 5.29. The van der Waals surface area contributed by atoms with E-state index in [4.69, 9.17) is 21.3 Å². The van der Waals surface area contributed by atoms with Gasteiger partial charge in [0.25, 0.3) is 0 Å². The topological polar surface area (TPSA) is 31.8 Å². The maximum Gasteiger partial charge on any atom is 0.0670 e. The molecule has 0 N–H and O–H groups in total. The van der Waals surface area contributed by atoms with Gasteiger partial charge in [-0.15, -0.1) is 0 Å². The number of nitrogens with zero attached hydrogens (tertiary/aromatic N) is 4. The molecule has 1 unspecified atom stereocenters. The summed E-state index contributed by atoms with van der Waals surface area (Å²) >= 11 is 6.34. The quantitative estimate of drug-likeness (QED) is 0.772. The van der Waals surface area contributed by atoms with Gasteiger partial charge >= 0.3 is 0 Å². The number of hydrogen-bond donors (Lipinski definition) is 0. The van der Waals surface area contributed by atoms with Gasteiger partial charge in [0, 0.05) is 70.6 Å². The lowest BCUT2D eigenvalue weighted by Crippen LogP contribution is -2.54. The molecule has 1 atom stereocenters. The minimum atomic E-state index is 0.504. The van der Waals surface area contributed by atoms with E-state index in [1.807, 2.05) is 6.20 Å². The van der Waals surface area contributed by atoms with Gasteiger partial charge < -0.3 is 14.5 Å². The van der Waals surface area contributed by atoms with Crippen molar-refractivity contribution in [2.75, 3.05) is 64.4 Å². The van der Waals surface area contributed by atoms with Crippen LogP contribution in [-0.4, -0.2) is 80.4 Å². The van der Waals surface area contributed by atoms with Crippen molar-refractivity contribution in [2.24, 2.45) is 5.41 Å². The summed E-state index contributed by atoms with van der Waals surface area (Å²) in [6.07, 6.45) is 8.18. The zero-order chi connectivity index (χ0) is 19.1. The highest BCUT2D eigenvalue weighted by Gasteiger charge is 2.48. The van der Waals surface area contributed by atoms with Gasteiger partial charge in [0.15, 0.2) is 0 Å². The minimum Gasteiger partial charge on any atom is -0.381 e. The molecule has 1 aromatic rings. The van der Waals surface area contributed by atoms with Crippen LogP contribution in [0.25, 0.3) is 0 Å². The highest BCUT2D eigenvalue weighted by molar-refractivity contribution is 6.30. The Morgan fingerprint density at radius 2 is 1.86 bits per heavy atom. The van der Waals surface area contributed by atoms with E-state index in [-0.39, 0.29) is 0 Å². The molecular formula is C22H33ClN4O. The predicted molar refractivity (Wildman–Crippen MR) is 113 cm³/mol. The first kappa shape index (κ1) is 19.1. The summed E-state index contributed by atoms with van der Waals surface area (Å²) in [7, 11) is 2.26. The van der Waals surface area contributed by atoms with Crippen LogP contribution in [0.1, 0.15) is 43.7 Å². The zero-order valence-electron chi connectivity index (χ0n) is 17.1. The summed E-state index contributed by atoms with van der Waals surface area (Å²) in [6, 6.07) is 2.94. The van der Waals surface area contributed by atoms with E-state index < -0.39 is 0 Å². The first-order chi connectivity index (χ1) is 13.6. The SMILES string of the molecule is CN1CC2(CCC(N3CCN(c4cc(Cl)cnc4C4CCOCC4)CC3)C2)C1. The lowest BCUT2D eigenvalue weighted by atomic mass is 9.78. The largest absolute Gasteiger partial charge is 0.381 e. The molecular weight excluding hydrogens is 372 g/mol. The summed E-state index contributed by atoms with van der Waals surface area (Å²) in [4.78, 5) is 12.5. The zero-order valence-corrected chi connectivity index (χ0v) is 17.8. The van der Waals surface area contributed by atoms with Crippen molar-refractivity contribution >= 4 is 17.3 Å². The first-order valence-corrected chi connectivity index (χ1v) is 11.4. The van der Waals surface area contributed by atoms with Gasteiger partial charge in [0.05, 0.1) is 16.4 Å². The van der Waals surface area contributed by atoms with Crippen LogP contribution >= 0.6 is 11.6 Å². The normalized spacial score (nSPS) is 29.4. The van der Waals surface area contributed by atoms with Crippen molar-refractivity contribution in [1.82, 2.24) is 14.8 Å². The third kappa shape index (κ3) is 3.67. The monoisotopic (exact) mass is 404 g/mol. The second-order valence-electron chi connectivity index (χ2n) is 9.54. The number of rotatable bonds is 3. The van der Waals surface area contributed by atoms with Gasteiger partial charge in [0.2, 0.25) is 0 Å². The van der Waals surface area contributed by atoms with Crippen molar-refractivity contribution in [3.8, 4) is 0 Å². The van der Waals surface area contributed by atoms with Gasteiger partial charge in [-0.25, -0.2) is 0 Å². The number of piperazine rings is 1. The Hall–Kier alpha value is -0.880. The third-order valence-corrected chi connectivity index (χ3v) is 7.74. The smallest absolute Gasteiger partial charge is 0.0670 e. The molecule has 6 heteroatoms. The molecule has 1 saturated carbocycles. The minimum absolute atomic E-state index is 0.504. The molecule has 4 aliphatic rings. The molecule has 4 fully saturated rings. The number of pyridine rings is 1. The van der Waals surface area contributed by atoms with E-state index in [0.29, 0.717) is 11.3 Å². The molecule has 3 saturated heterocycles. The predicted octanol–water partition coefficient (Wildman–Crippen LogP) is 3.24. The molecule has 4 heterocycles. The van der Waals surface area contributed by atoms with Crippen LogP contribution in [-0.2, 0) is 4.74 Å². The van der Waals surface area contributed by atoms with E-state index in [1.54, 1.807) is 0 Å². The fraction of sp³-hybridized carbons (Fsp3) is 0.773. The summed E-state index contributed by atoms with van der Waals surface area (Å²) in [5.74, 6) is 0.504. The van der Waals surface area contributed by atoms with Gasteiger partial charge in [-0.1, -0.05) is 11.6 Å². The fourth-order valence-electron chi connectivity index (χ4n) is 6.18. The molecule has 154 valence electrons. The summed E-state index contributed by atoms with van der Waals surface area (Å²) < 4.78 is 5.56. The van der Waals surface area contributed by atoms with Gasteiger partial charge in [-0.3, -0.25) is 9.88 Å². The van der Waals surface area contributed by atoms with Gasteiger partial charge in [-0.05, 0) is 50.6 Å². The average Bonchev–Trinajstić information content (AvgIpc) is 3.14. The van der Waals surface area contributed by atoms with Crippen LogP contribution in [0.5, 0.6) is 0 Å². The van der Waals surface area contributed by atoms with Crippen LogP contribution in [0, 0.1) is 5.41 Å². The molecule has 1 spiro atoms. The average molecular weight is 405 g/mol. The Morgan fingerprint density at radius 1 is 1.11 bits per heavy atom. The highest BCUT2D eigenvalue weighted by Crippen LogP contribution is 2.46. The lowest BCUT2D eigenvalue weighted by molar-refractivity contribution is 0.0204. The molecule has 5 rings (SSSR count). The van der Waals surface area contributed by atoms with Crippen LogP contribution in [0.4, 0.5) is 5.69 Å². The van der Waals surface area contributed by atoms with Crippen molar-refractivity contribution in [2.45, 2.75) is 44.1 Å². The van der Waals surface area contributed by atoms with Crippen LogP contribution in [0.2, 0.25) is 5.02 Å². The number of hydrogen-bond acceptors (Lipinski definition) is 5. The Labute approximate surface area is 174 Å². The second-order valence-corrected chi connectivity index (χ2v) is 9.97. The highest BCUT2D eigenvalue weighted by atomic mass is 35.5. The van der Waals surface area contributed by atoms with E-state index >= 15 is 0 Å². The van der Waals surface area contributed by atoms with Crippen molar-refractivity contribution in [3.63, 3.8) is 0 Å². The molecule has 3 aliphatic heterocycles. The van der Waals surface area contributed by atoms with Crippen molar-refractivity contribution in [3.05, 3.63) is 23.0 Å². The Balaban J connectivity index is 1.24. The lowest BCUT2D eigenvalue weighted by Gasteiger charge is -2.47. The molecule has 0 amide bonds. The Bertz CT molecular complexity index is 694. The maximum absolute atomic E-state index is 6.34. The summed E-state index contributed by atoms with van der Waals surface area (Å²) in [5, 5.41) is 0.750. The molecule has 0 radical (unpaired) electrons. The van der Waals surface area contributed by atoms with E-state index in [2.05, 4.69) is 27.8 Å². The van der Waals surface area contributed by atoms with Crippen molar-refractivity contribution < 1.29 is 4.74 Å². The van der Waals surface area contributed by atoms with E-state index in [9.17, 15) is 0 Å². The third-order valence-electron chi connectivity index (χ3n) is 7.53. The summed E-state index contributed by atoms with van der Waals surface area (Å²) in [5.41, 5.74) is 3.14. The summed E-state index contributed by atoms with van der Waals surface area (Å²) in [6.45, 7) is 8.82. The number of halogens is 1.